The van der Waals surface area contributed by atoms with Crippen LogP contribution in [-0.2, 0) is 4.79 Å². The van der Waals surface area contributed by atoms with Crippen molar-refractivity contribution in [3.05, 3.63) is 29.6 Å². The Balaban J connectivity index is 1.97. The number of hydrogen-bond acceptors (Lipinski definition) is 3. The molecule has 5 nitrogen and oxygen atoms in total. The summed E-state index contributed by atoms with van der Waals surface area (Å²) in [5.41, 5.74) is 1.46. The molecule has 1 saturated carbocycles. The molecule has 102 valence electrons. The van der Waals surface area contributed by atoms with Gasteiger partial charge in [0.1, 0.15) is 0 Å². The maximum atomic E-state index is 12.0. The molecule has 2 rings (SSSR count). The zero-order valence-electron chi connectivity index (χ0n) is 10.9. The van der Waals surface area contributed by atoms with Crippen molar-refractivity contribution in [1.29, 1.82) is 0 Å². The molecule has 1 aromatic rings. The molecule has 0 aliphatic heterocycles. The molecular formula is C14H18N2O3. The molecule has 1 aliphatic rings. The van der Waals surface area contributed by atoms with Gasteiger partial charge in [0, 0.05) is 18.4 Å². The SMILES string of the molecule is Cc1cncc(C(=O)NC2CCCC(C(=O)O)C2)c1. The number of aliphatic carboxylic acids is 1. The zero-order chi connectivity index (χ0) is 13.8. The second-order valence-electron chi connectivity index (χ2n) is 5.12. The first-order valence-electron chi connectivity index (χ1n) is 6.51. The minimum absolute atomic E-state index is 0.0529. The van der Waals surface area contributed by atoms with Crippen LogP contribution in [-0.4, -0.2) is 28.0 Å². The lowest BCUT2D eigenvalue weighted by Gasteiger charge is -2.27. The van der Waals surface area contributed by atoms with Crippen LogP contribution in [0, 0.1) is 12.8 Å². The fourth-order valence-corrected chi connectivity index (χ4v) is 2.49. The molecule has 19 heavy (non-hydrogen) atoms. The van der Waals surface area contributed by atoms with Gasteiger partial charge in [-0.25, -0.2) is 0 Å². The van der Waals surface area contributed by atoms with Crippen LogP contribution in [0.1, 0.15) is 41.6 Å². The third-order valence-electron chi connectivity index (χ3n) is 3.50. The van der Waals surface area contributed by atoms with E-state index in [1.54, 1.807) is 12.3 Å². The fourth-order valence-electron chi connectivity index (χ4n) is 2.49. The molecule has 2 unspecified atom stereocenters. The minimum Gasteiger partial charge on any atom is -0.481 e. The summed E-state index contributed by atoms with van der Waals surface area (Å²) in [5.74, 6) is -1.28. The lowest BCUT2D eigenvalue weighted by atomic mass is 9.85. The smallest absolute Gasteiger partial charge is 0.306 e. The monoisotopic (exact) mass is 262 g/mol. The second-order valence-corrected chi connectivity index (χ2v) is 5.12. The molecule has 1 aromatic heterocycles. The molecule has 5 heteroatoms. The topological polar surface area (TPSA) is 79.3 Å². The standard InChI is InChI=1S/C14H18N2O3/c1-9-5-11(8-15-7-9)13(17)16-12-4-2-3-10(6-12)14(18)19/h5,7-8,10,12H,2-4,6H2,1H3,(H,16,17)(H,18,19). The van der Waals surface area contributed by atoms with E-state index in [9.17, 15) is 9.59 Å². The van der Waals surface area contributed by atoms with Gasteiger partial charge in [-0.05, 0) is 37.8 Å². The second kappa shape index (κ2) is 5.82. The normalized spacial score (nSPS) is 22.8. The Labute approximate surface area is 112 Å². The number of aromatic nitrogens is 1. The quantitative estimate of drug-likeness (QED) is 0.870. The Morgan fingerprint density at radius 2 is 2.16 bits per heavy atom. The van der Waals surface area contributed by atoms with Gasteiger partial charge in [0.25, 0.3) is 5.91 Å². The summed E-state index contributed by atoms with van der Waals surface area (Å²) in [6.45, 7) is 1.88. The molecule has 0 saturated heterocycles. The van der Waals surface area contributed by atoms with Crippen LogP contribution in [0.4, 0.5) is 0 Å². The molecule has 1 amide bonds. The summed E-state index contributed by atoms with van der Waals surface area (Å²) >= 11 is 0. The Hall–Kier alpha value is -1.91. The average Bonchev–Trinajstić information content (AvgIpc) is 2.39. The Kier molecular flexibility index (Phi) is 4.14. The lowest BCUT2D eigenvalue weighted by Crippen LogP contribution is -2.40. The minimum atomic E-state index is -0.767. The van der Waals surface area contributed by atoms with Gasteiger partial charge in [-0.3, -0.25) is 14.6 Å². The van der Waals surface area contributed by atoms with E-state index >= 15 is 0 Å². The van der Waals surface area contributed by atoms with Gasteiger partial charge in [-0.1, -0.05) is 6.42 Å². The number of carboxylic acids is 1. The van der Waals surface area contributed by atoms with Gasteiger partial charge in [0.2, 0.25) is 0 Å². The van der Waals surface area contributed by atoms with Crippen molar-refractivity contribution in [2.24, 2.45) is 5.92 Å². The van der Waals surface area contributed by atoms with E-state index in [4.69, 9.17) is 5.11 Å². The van der Waals surface area contributed by atoms with Crippen LogP contribution in [0.15, 0.2) is 18.5 Å². The van der Waals surface area contributed by atoms with E-state index in [2.05, 4.69) is 10.3 Å². The van der Waals surface area contributed by atoms with Gasteiger partial charge in [0.05, 0.1) is 11.5 Å². The fraction of sp³-hybridized carbons (Fsp3) is 0.500. The maximum Gasteiger partial charge on any atom is 0.306 e. The average molecular weight is 262 g/mol. The zero-order valence-corrected chi connectivity index (χ0v) is 10.9. The summed E-state index contributed by atoms with van der Waals surface area (Å²) < 4.78 is 0. The van der Waals surface area contributed by atoms with E-state index in [0.717, 1.165) is 18.4 Å². The van der Waals surface area contributed by atoms with Crippen LogP contribution in [0.3, 0.4) is 0 Å². The number of rotatable bonds is 3. The Bertz CT molecular complexity index is 487. The first kappa shape index (κ1) is 13.5. The van der Waals surface area contributed by atoms with Gasteiger partial charge in [0.15, 0.2) is 0 Å². The number of aryl methyl sites for hydroxylation is 1. The highest BCUT2D eigenvalue weighted by Gasteiger charge is 2.27. The van der Waals surface area contributed by atoms with E-state index in [1.807, 2.05) is 6.92 Å². The van der Waals surface area contributed by atoms with Crippen LogP contribution in [0.25, 0.3) is 0 Å². The Morgan fingerprint density at radius 3 is 2.84 bits per heavy atom. The van der Waals surface area contributed by atoms with Gasteiger partial charge < -0.3 is 10.4 Å². The van der Waals surface area contributed by atoms with Crippen LogP contribution in [0.5, 0.6) is 0 Å². The predicted molar refractivity (Wildman–Crippen MR) is 69.8 cm³/mol. The number of carboxylic acid groups (broad SMARTS) is 1. The van der Waals surface area contributed by atoms with Crippen molar-refractivity contribution in [1.82, 2.24) is 10.3 Å². The largest absolute Gasteiger partial charge is 0.481 e. The highest BCUT2D eigenvalue weighted by Crippen LogP contribution is 2.24. The summed E-state index contributed by atoms with van der Waals surface area (Å²) in [6, 6.07) is 1.72. The van der Waals surface area contributed by atoms with Gasteiger partial charge in [-0.15, -0.1) is 0 Å². The molecular weight excluding hydrogens is 244 g/mol. The Morgan fingerprint density at radius 1 is 1.37 bits per heavy atom. The number of carbonyl (C=O) groups excluding carboxylic acids is 1. The number of nitrogens with one attached hydrogen (secondary N) is 1. The van der Waals surface area contributed by atoms with Crippen molar-refractivity contribution in [3.63, 3.8) is 0 Å². The summed E-state index contributed by atoms with van der Waals surface area (Å²) in [5, 5.41) is 11.9. The molecule has 2 N–H and O–H groups in total. The summed E-state index contributed by atoms with van der Waals surface area (Å²) in [7, 11) is 0. The van der Waals surface area contributed by atoms with Gasteiger partial charge >= 0.3 is 5.97 Å². The third kappa shape index (κ3) is 3.53. The molecule has 2 atom stereocenters. The van der Waals surface area contributed by atoms with Gasteiger partial charge in [-0.2, -0.15) is 0 Å². The maximum absolute atomic E-state index is 12.0. The highest BCUT2D eigenvalue weighted by molar-refractivity contribution is 5.94. The van der Waals surface area contributed by atoms with E-state index < -0.39 is 5.97 Å². The van der Waals surface area contributed by atoms with E-state index in [0.29, 0.717) is 18.4 Å². The number of hydrogen-bond donors (Lipinski definition) is 2. The van der Waals surface area contributed by atoms with Crippen molar-refractivity contribution in [2.45, 2.75) is 38.6 Å². The van der Waals surface area contributed by atoms with Crippen molar-refractivity contribution in [2.75, 3.05) is 0 Å². The molecule has 1 fully saturated rings. The van der Waals surface area contributed by atoms with E-state index in [1.165, 1.54) is 6.20 Å². The van der Waals surface area contributed by atoms with Crippen molar-refractivity contribution >= 4 is 11.9 Å². The number of pyridine rings is 1. The molecule has 1 heterocycles. The van der Waals surface area contributed by atoms with Crippen LogP contribution in [0.2, 0.25) is 0 Å². The van der Waals surface area contributed by atoms with Crippen molar-refractivity contribution in [3.8, 4) is 0 Å². The highest BCUT2D eigenvalue weighted by atomic mass is 16.4. The van der Waals surface area contributed by atoms with Crippen LogP contribution >= 0.6 is 0 Å². The first-order chi connectivity index (χ1) is 9.06. The lowest BCUT2D eigenvalue weighted by molar-refractivity contribution is -0.143. The summed E-state index contributed by atoms with van der Waals surface area (Å²) in [4.78, 5) is 27.0. The molecule has 1 aliphatic carbocycles. The van der Waals surface area contributed by atoms with E-state index in [-0.39, 0.29) is 17.9 Å². The molecule has 0 spiro atoms. The summed E-state index contributed by atoms with van der Waals surface area (Å²) in [6.07, 6.45) is 6.12. The number of amides is 1. The van der Waals surface area contributed by atoms with Crippen LogP contribution < -0.4 is 5.32 Å². The molecule has 0 aromatic carbocycles. The third-order valence-corrected chi connectivity index (χ3v) is 3.50. The molecule has 0 radical (unpaired) electrons. The first-order valence-corrected chi connectivity index (χ1v) is 6.51. The number of carbonyl (C=O) groups is 2. The molecule has 0 bridgehead atoms. The van der Waals surface area contributed by atoms with Crippen molar-refractivity contribution < 1.29 is 14.7 Å². The number of nitrogens with zero attached hydrogens (tertiary/aromatic N) is 1. The predicted octanol–water partition coefficient (Wildman–Crippen LogP) is 1.76.